The summed E-state index contributed by atoms with van der Waals surface area (Å²) in [5.74, 6) is 1.46. The van der Waals surface area contributed by atoms with E-state index in [1.807, 2.05) is 26.8 Å². The number of nitrogens with one attached hydrogen (secondary N) is 1. The first-order chi connectivity index (χ1) is 9.40. The van der Waals surface area contributed by atoms with Crippen LogP contribution in [0.25, 0.3) is 0 Å². The van der Waals surface area contributed by atoms with Crippen LogP contribution >= 0.6 is 0 Å². The second kappa shape index (κ2) is 5.16. The maximum atomic E-state index is 11.0. The Morgan fingerprint density at radius 3 is 2.70 bits per heavy atom. The van der Waals surface area contributed by atoms with Crippen LogP contribution in [-0.4, -0.2) is 14.9 Å². The van der Waals surface area contributed by atoms with Gasteiger partial charge in [0, 0.05) is 5.56 Å². The molecule has 0 bridgehead atoms. The van der Waals surface area contributed by atoms with Crippen LogP contribution in [0, 0.1) is 24.0 Å². The predicted octanol–water partition coefficient (Wildman–Crippen LogP) is 2.35. The van der Waals surface area contributed by atoms with Crippen molar-refractivity contribution in [3.63, 3.8) is 0 Å². The van der Waals surface area contributed by atoms with Crippen molar-refractivity contribution in [3.05, 3.63) is 39.6 Å². The Labute approximate surface area is 115 Å². The van der Waals surface area contributed by atoms with Gasteiger partial charge in [-0.15, -0.1) is 0 Å². The molecule has 0 spiro atoms. The second-order valence-electron chi connectivity index (χ2n) is 4.45. The molecule has 0 radical (unpaired) electrons. The van der Waals surface area contributed by atoms with Gasteiger partial charge in [-0.25, -0.2) is 9.97 Å². The van der Waals surface area contributed by atoms with Crippen LogP contribution in [-0.2, 0) is 0 Å². The van der Waals surface area contributed by atoms with Gasteiger partial charge in [-0.3, -0.25) is 10.1 Å². The third-order valence-corrected chi connectivity index (χ3v) is 2.93. The molecule has 0 saturated carbocycles. The molecule has 20 heavy (non-hydrogen) atoms. The maximum Gasteiger partial charge on any atom is 0.353 e. The molecule has 0 aliphatic rings. The van der Waals surface area contributed by atoms with E-state index < -0.39 is 4.92 Å². The quantitative estimate of drug-likeness (QED) is 0.649. The van der Waals surface area contributed by atoms with Crippen LogP contribution in [0.1, 0.15) is 30.0 Å². The molecule has 2 aromatic heterocycles. The average molecular weight is 277 g/mol. The zero-order chi connectivity index (χ0) is 14.9. The highest BCUT2D eigenvalue weighted by molar-refractivity contribution is 5.67. The Morgan fingerprint density at radius 1 is 1.45 bits per heavy atom. The van der Waals surface area contributed by atoms with Crippen molar-refractivity contribution in [2.75, 3.05) is 11.1 Å². The molecule has 8 heteroatoms. The summed E-state index contributed by atoms with van der Waals surface area (Å²) >= 11 is 0. The number of anilines is 2. The maximum absolute atomic E-state index is 11.0. The lowest BCUT2D eigenvalue weighted by atomic mass is 10.1. The van der Waals surface area contributed by atoms with Gasteiger partial charge in [0.25, 0.3) is 0 Å². The van der Waals surface area contributed by atoms with E-state index >= 15 is 0 Å². The summed E-state index contributed by atoms with van der Waals surface area (Å²) in [6.45, 7) is 5.54. The minimum absolute atomic E-state index is 0.0910. The van der Waals surface area contributed by atoms with Crippen molar-refractivity contribution in [1.82, 2.24) is 9.97 Å². The van der Waals surface area contributed by atoms with E-state index in [1.165, 1.54) is 6.33 Å². The lowest BCUT2D eigenvalue weighted by Gasteiger charge is -2.13. The summed E-state index contributed by atoms with van der Waals surface area (Å²) in [5, 5.41) is 14.0. The zero-order valence-corrected chi connectivity index (χ0v) is 11.4. The normalized spacial score (nSPS) is 12.2. The van der Waals surface area contributed by atoms with Crippen LogP contribution in [0.2, 0.25) is 0 Å². The summed E-state index contributed by atoms with van der Waals surface area (Å²) in [5.41, 5.74) is 6.11. The molecule has 2 rings (SSSR count). The van der Waals surface area contributed by atoms with Gasteiger partial charge in [0.15, 0.2) is 0 Å². The molecule has 106 valence electrons. The van der Waals surface area contributed by atoms with Gasteiger partial charge in [-0.1, -0.05) is 0 Å². The highest BCUT2D eigenvalue weighted by Gasteiger charge is 2.23. The first-order valence-corrected chi connectivity index (χ1v) is 5.98. The van der Waals surface area contributed by atoms with Crippen molar-refractivity contribution in [2.24, 2.45) is 0 Å². The number of nitrogens with zero attached hydrogens (tertiary/aromatic N) is 3. The molecule has 0 aromatic carbocycles. The molecular weight excluding hydrogens is 262 g/mol. The lowest BCUT2D eigenvalue weighted by molar-refractivity contribution is -0.383. The number of nitrogens with two attached hydrogens (primary N) is 1. The fraction of sp³-hybridized carbons (Fsp3) is 0.333. The summed E-state index contributed by atoms with van der Waals surface area (Å²) in [4.78, 5) is 17.9. The second-order valence-corrected chi connectivity index (χ2v) is 4.45. The standard InChI is InChI=1S/C12H15N5O3/c1-6-4-9(8(3)20-6)7(2)16-12-10(17(18)19)11(13)14-5-15-12/h4-5,7H,1-3H3,(H3,13,14,15,16). The highest BCUT2D eigenvalue weighted by atomic mass is 16.6. The number of hydrogen-bond donors (Lipinski definition) is 2. The number of nitrogen functional groups attached to an aromatic ring is 1. The highest BCUT2D eigenvalue weighted by Crippen LogP contribution is 2.31. The summed E-state index contributed by atoms with van der Waals surface area (Å²) < 4.78 is 5.44. The number of furan rings is 1. The van der Waals surface area contributed by atoms with E-state index in [1.54, 1.807) is 0 Å². The number of hydrogen-bond acceptors (Lipinski definition) is 7. The number of aryl methyl sites for hydroxylation is 2. The summed E-state index contributed by atoms with van der Waals surface area (Å²) in [6.07, 6.45) is 1.19. The Hall–Kier alpha value is -2.64. The molecule has 8 nitrogen and oxygen atoms in total. The van der Waals surface area contributed by atoms with Gasteiger partial charge >= 0.3 is 5.69 Å². The van der Waals surface area contributed by atoms with Gasteiger partial charge in [-0.05, 0) is 26.8 Å². The zero-order valence-electron chi connectivity index (χ0n) is 11.4. The Kier molecular flexibility index (Phi) is 3.55. The average Bonchev–Trinajstić information content (AvgIpc) is 2.68. The van der Waals surface area contributed by atoms with Crippen molar-refractivity contribution < 1.29 is 9.34 Å². The molecule has 1 atom stereocenters. The minimum atomic E-state index is -0.599. The van der Waals surface area contributed by atoms with E-state index in [9.17, 15) is 10.1 Å². The summed E-state index contributed by atoms with van der Waals surface area (Å²) in [6, 6.07) is 1.67. The molecule has 0 saturated heterocycles. The van der Waals surface area contributed by atoms with E-state index in [4.69, 9.17) is 10.2 Å². The molecule has 0 aliphatic carbocycles. The molecule has 1 unspecified atom stereocenters. The first kappa shape index (κ1) is 13.8. The molecule has 2 heterocycles. The topological polar surface area (TPSA) is 120 Å². The predicted molar refractivity (Wildman–Crippen MR) is 73.3 cm³/mol. The van der Waals surface area contributed by atoms with E-state index in [2.05, 4.69) is 15.3 Å². The number of rotatable bonds is 4. The molecular formula is C12H15N5O3. The fourth-order valence-electron chi connectivity index (χ4n) is 2.04. The van der Waals surface area contributed by atoms with Gasteiger partial charge in [0.2, 0.25) is 11.6 Å². The monoisotopic (exact) mass is 277 g/mol. The number of nitro groups is 1. The molecule has 0 amide bonds. The van der Waals surface area contributed by atoms with E-state index in [-0.39, 0.29) is 23.4 Å². The third kappa shape index (κ3) is 2.53. The molecule has 2 aromatic rings. The lowest BCUT2D eigenvalue weighted by Crippen LogP contribution is -2.12. The minimum Gasteiger partial charge on any atom is -0.466 e. The Morgan fingerprint density at radius 2 is 2.15 bits per heavy atom. The van der Waals surface area contributed by atoms with Gasteiger partial charge < -0.3 is 15.5 Å². The molecule has 0 aliphatic heterocycles. The van der Waals surface area contributed by atoms with Crippen molar-refractivity contribution in [3.8, 4) is 0 Å². The Balaban J connectivity index is 2.33. The van der Waals surface area contributed by atoms with Crippen LogP contribution in [0.15, 0.2) is 16.8 Å². The van der Waals surface area contributed by atoms with E-state index in [0.717, 1.165) is 17.1 Å². The van der Waals surface area contributed by atoms with Gasteiger partial charge in [0.05, 0.1) is 11.0 Å². The first-order valence-electron chi connectivity index (χ1n) is 5.98. The smallest absolute Gasteiger partial charge is 0.353 e. The van der Waals surface area contributed by atoms with Crippen LogP contribution in [0.3, 0.4) is 0 Å². The third-order valence-electron chi connectivity index (χ3n) is 2.93. The number of aromatic nitrogens is 2. The fourth-order valence-corrected chi connectivity index (χ4v) is 2.04. The molecule has 0 fully saturated rings. The van der Waals surface area contributed by atoms with Crippen molar-refractivity contribution in [2.45, 2.75) is 26.8 Å². The summed E-state index contributed by atoms with van der Waals surface area (Å²) in [7, 11) is 0. The van der Waals surface area contributed by atoms with Gasteiger partial charge in [0.1, 0.15) is 17.8 Å². The van der Waals surface area contributed by atoms with E-state index in [0.29, 0.717) is 0 Å². The van der Waals surface area contributed by atoms with Crippen LogP contribution in [0.5, 0.6) is 0 Å². The van der Waals surface area contributed by atoms with Crippen molar-refractivity contribution >= 4 is 17.3 Å². The van der Waals surface area contributed by atoms with Crippen molar-refractivity contribution in [1.29, 1.82) is 0 Å². The van der Waals surface area contributed by atoms with Gasteiger partial charge in [-0.2, -0.15) is 0 Å². The molecule has 3 N–H and O–H groups in total. The SMILES string of the molecule is Cc1cc(C(C)Nc2ncnc(N)c2[N+](=O)[O-])c(C)o1. The van der Waals surface area contributed by atoms with Crippen LogP contribution < -0.4 is 11.1 Å². The Bertz CT molecular complexity index is 653. The largest absolute Gasteiger partial charge is 0.466 e. The van der Waals surface area contributed by atoms with Crippen LogP contribution in [0.4, 0.5) is 17.3 Å².